The van der Waals surface area contributed by atoms with Crippen LogP contribution in [0.2, 0.25) is 0 Å². The molecule has 0 aliphatic carbocycles. The molecule has 0 radical (unpaired) electrons. The van der Waals surface area contributed by atoms with Crippen LogP contribution in [0.3, 0.4) is 0 Å². The van der Waals surface area contributed by atoms with Gasteiger partial charge >= 0.3 is 0 Å². The van der Waals surface area contributed by atoms with Crippen LogP contribution in [0, 0.1) is 12.7 Å². The number of carbonyl (C=O) groups excluding carboxylic acids is 1. The molecule has 3 heterocycles. The van der Waals surface area contributed by atoms with Crippen molar-refractivity contribution in [1.82, 2.24) is 10.3 Å². The number of benzene rings is 1. The van der Waals surface area contributed by atoms with Gasteiger partial charge in [0, 0.05) is 24.2 Å². The number of fused-ring (bicyclic) bond motifs is 1. The predicted octanol–water partition coefficient (Wildman–Crippen LogP) is 3.76. The maximum absolute atomic E-state index is 14.1. The molecule has 1 aliphatic rings. The Balaban J connectivity index is 1.90. The zero-order valence-corrected chi connectivity index (χ0v) is 14.4. The molecule has 3 aromatic rings. The molecular formula is C19H18FN3O3. The highest BCUT2D eigenvalue weighted by Gasteiger charge is 2.28. The van der Waals surface area contributed by atoms with Gasteiger partial charge in [-0.3, -0.25) is 4.79 Å². The van der Waals surface area contributed by atoms with E-state index < -0.39 is 5.82 Å². The Bertz CT molecular complexity index is 990. The summed E-state index contributed by atoms with van der Waals surface area (Å²) in [4.78, 5) is 15.8. The minimum absolute atomic E-state index is 0.0912. The van der Waals surface area contributed by atoms with Gasteiger partial charge in [0.2, 0.25) is 0 Å². The van der Waals surface area contributed by atoms with Crippen LogP contribution in [0.5, 0.6) is 5.75 Å². The molecule has 1 aromatic carbocycles. The monoisotopic (exact) mass is 355 g/mol. The number of aromatic nitrogens is 1. The van der Waals surface area contributed by atoms with E-state index in [0.29, 0.717) is 29.9 Å². The van der Waals surface area contributed by atoms with Crippen molar-refractivity contribution < 1.29 is 18.3 Å². The summed E-state index contributed by atoms with van der Waals surface area (Å²) in [6, 6.07) is 6.44. The van der Waals surface area contributed by atoms with Gasteiger partial charge in [0.1, 0.15) is 5.76 Å². The number of hydrogen-bond donors (Lipinski definition) is 3. The predicted molar refractivity (Wildman–Crippen MR) is 95.5 cm³/mol. The summed E-state index contributed by atoms with van der Waals surface area (Å²) >= 11 is 0. The normalized spacial score (nSPS) is 13.3. The fraction of sp³-hybridized carbons (Fsp3) is 0.211. The van der Waals surface area contributed by atoms with Crippen LogP contribution in [0.4, 0.5) is 15.8 Å². The van der Waals surface area contributed by atoms with Gasteiger partial charge in [0.05, 0.1) is 36.0 Å². The van der Waals surface area contributed by atoms with Crippen LogP contribution >= 0.6 is 0 Å². The zero-order chi connectivity index (χ0) is 18.3. The molecule has 0 fully saturated rings. The third kappa shape index (κ3) is 2.52. The molecule has 134 valence electrons. The number of furan rings is 1. The van der Waals surface area contributed by atoms with Crippen LogP contribution in [0.1, 0.15) is 21.8 Å². The lowest BCUT2D eigenvalue weighted by molar-refractivity contribution is 0.0947. The summed E-state index contributed by atoms with van der Waals surface area (Å²) in [6.45, 7) is 2.42. The summed E-state index contributed by atoms with van der Waals surface area (Å²) in [5.41, 5.74) is 3.94. The number of carbonyl (C=O) groups is 1. The zero-order valence-electron chi connectivity index (χ0n) is 14.4. The maximum Gasteiger partial charge on any atom is 0.255 e. The summed E-state index contributed by atoms with van der Waals surface area (Å²) in [5.74, 6) is 0.159. The molecule has 0 saturated heterocycles. The number of hydrogen-bond acceptors (Lipinski definition) is 4. The Morgan fingerprint density at radius 2 is 2.15 bits per heavy atom. The first kappa shape index (κ1) is 16.3. The standard InChI is InChI=1S/C19H18FN3O3/c1-10-11(7-9-26-10)16-17(15-13(22-16)6-8-21-19(15)24)23-14-5-3-4-12(20)18(14)25-2/h3-5,7,9,22-23H,6,8H2,1-2H3,(H,21,24). The molecule has 6 nitrogen and oxygen atoms in total. The van der Waals surface area contributed by atoms with Gasteiger partial charge in [-0.05, 0) is 25.1 Å². The van der Waals surface area contributed by atoms with E-state index >= 15 is 0 Å². The number of anilines is 2. The molecule has 0 atom stereocenters. The van der Waals surface area contributed by atoms with Crippen LogP contribution in [-0.4, -0.2) is 24.5 Å². The van der Waals surface area contributed by atoms with Gasteiger partial charge in [0.15, 0.2) is 11.6 Å². The number of ether oxygens (including phenoxy) is 1. The molecular weight excluding hydrogens is 337 g/mol. The molecule has 1 amide bonds. The minimum atomic E-state index is -0.479. The first-order chi connectivity index (χ1) is 12.6. The molecule has 4 rings (SSSR count). The van der Waals surface area contributed by atoms with Gasteiger partial charge < -0.3 is 24.8 Å². The molecule has 0 saturated carbocycles. The van der Waals surface area contributed by atoms with E-state index in [1.807, 2.05) is 13.0 Å². The Labute approximate surface area is 149 Å². The van der Waals surface area contributed by atoms with Crippen LogP contribution in [0.15, 0.2) is 34.9 Å². The quantitative estimate of drug-likeness (QED) is 0.666. The van der Waals surface area contributed by atoms with E-state index in [2.05, 4.69) is 15.6 Å². The molecule has 26 heavy (non-hydrogen) atoms. The second kappa shape index (κ2) is 6.25. The van der Waals surface area contributed by atoms with E-state index in [1.165, 1.54) is 13.2 Å². The fourth-order valence-corrected chi connectivity index (χ4v) is 3.30. The van der Waals surface area contributed by atoms with E-state index in [0.717, 1.165) is 22.7 Å². The first-order valence-electron chi connectivity index (χ1n) is 8.27. The number of methoxy groups -OCH3 is 1. The molecule has 3 N–H and O–H groups in total. The van der Waals surface area contributed by atoms with Crippen LogP contribution in [0.25, 0.3) is 11.3 Å². The van der Waals surface area contributed by atoms with Crippen molar-refractivity contribution >= 4 is 17.3 Å². The maximum atomic E-state index is 14.1. The second-order valence-electron chi connectivity index (χ2n) is 6.07. The first-order valence-corrected chi connectivity index (χ1v) is 8.27. The number of para-hydroxylation sites is 1. The van der Waals surface area contributed by atoms with Crippen molar-refractivity contribution in [1.29, 1.82) is 0 Å². The summed E-state index contributed by atoms with van der Waals surface area (Å²) < 4.78 is 24.7. The van der Waals surface area contributed by atoms with Crippen molar-refractivity contribution in [2.75, 3.05) is 19.0 Å². The van der Waals surface area contributed by atoms with E-state index in [-0.39, 0.29) is 11.7 Å². The smallest absolute Gasteiger partial charge is 0.255 e. The summed E-state index contributed by atoms with van der Waals surface area (Å²) in [5, 5.41) is 6.04. The van der Waals surface area contributed by atoms with Gasteiger partial charge in [-0.15, -0.1) is 0 Å². The van der Waals surface area contributed by atoms with Gasteiger partial charge in [-0.2, -0.15) is 0 Å². The van der Waals surface area contributed by atoms with Crippen molar-refractivity contribution in [2.45, 2.75) is 13.3 Å². The Kier molecular flexibility index (Phi) is 3.91. The number of nitrogens with one attached hydrogen (secondary N) is 3. The number of aryl methyl sites for hydroxylation is 1. The highest BCUT2D eigenvalue weighted by atomic mass is 19.1. The van der Waals surface area contributed by atoms with Crippen molar-refractivity contribution in [3.63, 3.8) is 0 Å². The molecule has 2 aromatic heterocycles. The van der Waals surface area contributed by atoms with Crippen molar-refractivity contribution in [2.24, 2.45) is 0 Å². The van der Waals surface area contributed by atoms with E-state index in [1.54, 1.807) is 18.4 Å². The Morgan fingerprint density at radius 3 is 2.88 bits per heavy atom. The molecule has 1 aliphatic heterocycles. The second-order valence-corrected chi connectivity index (χ2v) is 6.07. The van der Waals surface area contributed by atoms with Crippen molar-refractivity contribution in [3.05, 3.63) is 53.4 Å². The molecule has 0 spiro atoms. The molecule has 0 unspecified atom stereocenters. The lowest BCUT2D eigenvalue weighted by Gasteiger charge is -2.16. The third-order valence-corrected chi connectivity index (χ3v) is 4.52. The lowest BCUT2D eigenvalue weighted by Crippen LogP contribution is -2.31. The minimum Gasteiger partial charge on any atom is -0.492 e. The summed E-state index contributed by atoms with van der Waals surface area (Å²) in [7, 11) is 1.41. The van der Waals surface area contributed by atoms with Crippen LogP contribution in [-0.2, 0) is 6.42 Å². The fourth-order valence-electron chi connectivity index (χ4n) is 3.30. The largest absolute Gasteiger partial charge is 0.492 e. The number of rotatable bonds is 4. The highest BCUT2D eigenvalue weighted by Crippen LogP contribution is 2.40. The number of halogens is 1. The highest BCUT2D eigenvalue weighted by molar-refractivity contribution is 6.06. The van der Waals surface area contributed by atoms with Crippen molar-refractivity contribution in [3.8, 4) is 17.0 Å². The average molecular weight is 355 g/mol. The van der Waals surface area contributed by atoms with Gasteiger partial charge in [-0.25, -0.2) is 4.39 Å². The van der Waals surface area contributed by atoms with Gasteiger partial charge in [-0.1, -0.05) is 6.07 Å². The lowest BCUT2D eigenvalue weighted by atomic mass is 10.1. The third-order valence-electron chi connectivity index (χ3n) is 4.52. The number of aromatic amines is 1. The SMILES string of the molecule is COc1c(F)cccc1Nc1c(-c2ccoc2C)[nH]c2c1C(=O)NCC2. The average Bonchev–Trinajstić information content (AvgIpc) is 3.19. The number of H-pyrrole nitrogens is 1. The van der Waals surface area contributed by atoms with E-state index in [4.69, 9.17) is 9.15 Å². The molecule has 7 heteroatoms. The topological polar surface area (TPSA) is 79.3 Å². The summed E-state index contributed by atoms with van der Waals surface area (Å²) in [6.07, 6.45) is 2.28. The Morgan fingerprint density at radius 1 is 1.31 bits per heavy atom. The van der Waals surface area contributed by atoms with E-state index in [9.17, 15) is 9.18 Å². The van der Waals surface area contributed by atoms with Crippen LogP contribution < -0.4 is 15.4 Å². The molecule has 0 bridgehead atoms. The van der Waals surface area contributed by atoms with Gasteiger partial charge in [0.25, 0.3) is 5.91 Å². The number of amides is 1. The Hall–Kier alpha value is -3.22.